The van der Waals surface area contributed by atoms with Crippen molar-refractivity contribution < 1.29 is 9.70 Å². The molecule has 0 saturated carbocycles. The molecule has 6 heteroatoms. The lowest BCUT2D eigenvalue weighted by Gasteiger charge is -2.43. The number of hydrogen-bond donors (Lipinski definition) is 2. The summed E-state index contributed by atoms with van der Waals surface area (Å²) in [6.07, 6.45) is -0.572. The van der Waals surface area contributed by atoms with Crippen molar-refractivity contribution in [3.63, 3.8) is 0 Å². The molecule has 33 heavy (non-hydrogen) atoms. The summed E-state index contributed by atoms with van der Waals surface area (Å²) in [6.45, 7) is 5.17. The Bertz CT molecular complexity index is 1030. The van der Waals surface area contributed by atoms with Gasteiger partial charge in [0.25, 0.3) is 0 Å². The van der Waals surface area contributed by atoms with E-state index in [9.17, 15) is 5.11 Å². The van der Waals surface area contributed by atoms with E-state index in [0.717, 1.165) is 12.1 Å². The summed E-state index contributed by atoms with van der Waals surface area (Å²) in [4.78, 5) is 5.02. The average Bonchev–Trinajstić information content (AvgIpc) is 2.83. The molecule has 1 aliphatic rings. The number of benzene rings is 3. The predicted octanol–water partition coefficient (Wildman–Crippen LogP) is 5.23. The van der Waals surface area contributed by atoms with Crippen molar-refractivity contribution in [2.75, 3.05) is 32.6 Å². The van der Waals surface area contributed by atoms with Gasteiger partial charge in [0.1, 0.15) is 6.04 Å². The molecule has 1 unspecified atom stereocenters. The Labute approximate surface area is 202 Å². The number of likely N-dealkylation sites (N-methyl/N-ethyl adjacent to an activating group) is 2. The highest BCUT2D eigenvalue weighted by Gasteiger charge is 2.33. The summed E-state index contributed by atoms with van der Waals surface area (Å²) in [6, 6.07) is 27.3. The van der Waals surface area contributed by atoms with Gasteiger partial charge in [-0.1, -0.05) is 71.9 Å². The van der Waals surface area contributed by atoms with Gasteiger partial charge < -0.3 is 10.0 Å². The molecule has 4 rings (SSSR count). The maximum Gasteiger partial charge on any atom is 0.122 e. The summed E-state index contributed by atoms with van der Waals surface area (Å²) in [7, 11) is 6.37. The Kier molecular flexibility index (Phi) is 7.12. The molecule has 0 radical (unpaired) electrons. The van der Waals surface area contributed by atoms with Crippen LogP contribution in [-0.4, -0.2) is 54.5 Å². The minimum atomic E-state index is -0.572. The summed E-state index contributed by atoms with van der Waals surface area (Å²) in [5.74, 6) is 0. The van der Waals surface area contributed by atoms with Crippen LogP contribution in [-0.2, 0) is 0 Å². The molecule has 0 aromatic heterocycles. The highest BCUT2D eigenvalue weighted by Crippen LogP contribution is 2.47. The second-order valence-corrected chi connectivity index (χ2v) is 10.4. The number of aliphatic hydroxyl groups is 1. The first-order valence-electron chi connectivity index (χ1n) is 11.5. The third-order valence-corrected chi connectivity index (χ3v) is 7.84. The Hall–Kier alpha value is -2.35. The van der Waals surface area contributed by atoms with Crippen LogP contribution in [0.15, 0.2) is 88.7 Å². The number of quaternary nitrogens is 1. The van der Waals surface area contributed by atoms with Crippen molar-refractivity contribution in [3.05, 3.63) is 84.4 Å². The third kappa shape index (κ3) is 5.10. The number of nitrogens with one attached hydrogen (secondary N) is 1. The average molecular weight is 464 g/mol. The summed E-state index contributed by atoms with van der Waals surface area (Å²) in [5, 5.41) is 12.9. The molecule has 2 N–H and O–H groups in total. The van der Waals surface area contributed by atoms with Crippen LogP contribution in [0.25, 0.3) is 0 Å². The van der Waals surface area contributed by atoms with Crippen molar-refractivity contribution in [1.82, 2.24) is 10.5 Å². The third-order valence-electron chi connectivity index (χ3n) is 6.71. The second-order valence-electron chi connectivity index (χ2n) is 9.34. The van der Waals surface area contributed by atoms with Gasteiger partial charge in [-0.05, 0) is 43.7 Å². The van der Waals surface area contributed by atoms with Gasteiger partial charge in [0, 0.05) is 16.8 Å². The quantitative estimate of drug-likeness (QED) is 0.354. The van der Waals surface area contributed by atoms with Crippen molar-refractivity contribution in [2.45, 2.75) is 41.8 Å². The topological polar surface area (TPSA) is 38.7 Å². The van der Waals surface area contributed by atoms with Gasteiger partial charge in [-0.25, -0.2) is 4.59 Å². The van der Waals surface area contributed by atoms with Crippen LogP contribution in [0.5, 0.6) is 0 Å². The lowest BCUT2D eigenvalue weighted by atomic mass is 10.0. The first-order chi connectivity index (χ1) is 15.8. The van der Waals surface area contributed by atoms with Gasteiger partial charge in [0.05, 0.1) is 44.2 Å². The van der Waals surface area contributed by atoms with E-state index in [1.54, 1.807) is 0 Å². The SMILES string of the molecule is CC(CN1c2ccccc2Sc2ccccc21)[N+](C)(C)NN(C)[C@@H](C)[C@H](O)c1ccccc1. The van der Waals surface area contributed by atoms with Crippen LogP contribution in [0.1, 0.15) is 25.5 Å². The maximum absolute atomic E-state index is 10.9. The number of para-hydroxylation sites is 2. The molecule has 0 amide bonds. The maximum atomic E-state index is 10.9. The molecule has 0 aliphatic carbocycles. The van der Waals surface area contributed by atoms with Crippen LogP contribution in [0.4, 0.5) is 11.4 Å². The molecule has 3 aromatic carbocycles. The smallest absolute Gasteiger partial charge is 0.122 e. The van der Waals surface area contributed by atoms with Gasteiger partial charge >= 0.3 is 0 Å². The molecule has 0 fully saturated rings. The molecule has 174 valence electrons. The van der Waals surface area contributed by atoms with Gasteiger partial charge in [-0.15, -0.1) is 0 Å². The molecular formula is C27H35N4OS+. The molecule has 0 spiro atoms. The fourth-order valence-electron chi connectivity index (χ4n) is 4.18. The van der Waals surface area contributed by atoms with E-state index < -0.39 is 6.10 Å². The summed E-state index contributed by atoms with van der Waals surface area (Å²) in [5.41, 5.74) is 7.07. The number of anilines is 2. The van der Waals surface area contributed by atoms with Crippen molar-refractivity contribution in [1.29, 1.82) is 0 Å². The molecule has 3 atom stereocenters. The summed E-state index contributed by atoms with van der Waals surface area (Å²) < 4.78 is 0.580. The number of fused-ring (bicyclic) bond motifs is 2. The number of hydrogen-bond acceptors (Lipinski definition) is 5. The lowest BCUT2D eigenvalue weighted by molar-refractivity contribution is -0.968. The van der Waals surface area contributed by atoms with Crippen molar-refractivity contribution >= 4 is 23.1 Å². The van der Waals surface area contributed by atoms with E-state index in [4.69, 9.17) is 0 Å². The molecule has 1 aliphatic heterocycles. The zero-order valence-electron chi connectivity index (χ0n) is 20.1. The Balaban J connectivity index is 1.49. The van der Waals surface area contributed by atoms with E-state index in [1.165, 1.54) is 21.2 Å². The van der Waals surface area contributed by atoms with Gasteiger partial charge in [-0.3, -0.25) is 0 Å². The number of nitrogens with zero attached hydrogens (tertiary/aromatic N) is 3. The predicted molar refractivity (Wildman–Crippen MR) is 137 cm³/mol. The summed E-state index contributed by atoms with van der Waals surface area (Å²) >= 11 is 1.84. The van der Waals surface area contributed by atoms with Gasteiger partial charge in [0.2, 0.25) is 0 Å². The van der Waals surface area contributed by atoms with Crippen molar-refractivity contribution in [2.24, 2.45) is 0 Å². The van der Waals surface area contributed by atoms with Crippen LogP contribution in [0.2, 0.25) is 0 Å². The molecule has 0 saturated heterocycles. The fraction of sp³-hybridized carbons (Fsp3) is 0.333. The largest absolute Gasteiger partial charge is 0.387 e. The normalized spacial score (nSPS) is 16.2. The van der Waals surface area contributed by atoms with Crippen LogP contribution < -0.4 is 10.4 Å². The highest BCUT2D eigenvalue weighted by molar-refractivity contribution is 7.99. The van der Waals surface area contributed by atoms with E-state index in [0.29, 0.717) is 4.59 Å². The first-order valence-corrected chi connectivity index (χ1v) is 12.3. The number of aliphatic hydroxyl groups excluding tert-OH is 1. The zero-order chi connectivity index (χ0) is 23.6. The van der Waals surface area contributed by atoms with E-state index in [2.05, 4.69) is 80.0 Å². The van der Waals surface area contributed by atoms with Crippen LogP contribution in [0.3, 0.4) is 0 Å². The highest BCUT2D eigenvalue weighted by atomic mass is 32.2. The minimum absolute atomic E-state index is 0.0927. The lowest BCUT2D eigenvalue weighted by Crippen LogP contribution is -2.66. The molecular weight excluding hydrogens is 428 g/mol. The van der Waals surface area contributed by atoms with E-state index in [-0.39, 0.29) is 12.1 Å². The molecule has 3 aromatic rings. The monoisotopic (exact) mass is 463 g/mol. The van der Waals surface area contributed by atoms with Gasteiger partial charge in [0.15, 0.2) is 0 Å². The van der Waals surface area contributed by atoms with Gasteiger partial charge in [-0.2, -0.15) is 5.01 Å². The standard InChI is InChI=1S/C27H35N4OS/c1-20(31(4,5)28-29(3)21(2)27(32)22-13-7-6-8-14-22)19-30-23-15-9-11-17-25(23)33-26-18-12-10-16-24(26)30/h6-18,20-21,27-28,32H,19H2,1-5H3/q+1/t20?,21-,27-/m0/s1. The molecule has 5 nitrogen and oxygen atoms in total. The minimum Gasteiger partial charge on any atom is -0.387 e. The van der Waals surface area contributed by atoms with E-state index >= 15 is 0 Å². The Morgan fingerprint density at radius 3 is 1.97 bits per heavy atom. The van der Waals surface area contributed by atoms with Crippen LogP contribution >= 0.6 is 11.8 Å². The Morgan fingerprint density at radius 1 is 0.879 bits per heavy atom. The molecule has 1 heterocycles. The fourth-order valence-corrected chi connectivity index (χ4v) is 5.28. The zero-order valence-corrected chi connectivity index (χ0v) is 21.0. The van der Waals surface area contributed by atoms with Crippen LogP contribution in [0, 0.1) is 0 Å². The first kappa shape index (κ1) is 23.8. The Morgan fingerprint density at radius 2 is 1.39 bits per heavy atom. The van der Waals surface area contributed by atoms with Crippen molar-refractivity contribution in [3.8, 4) is 0 Å². The second kappa shape index (κ2) is 9.87. The number of rotatable bonds is 8. The molecule has 0 bridgehead atoms. The number of hydrazine groups is 1. The van der Waals surface area contributed by atoms with E-state index in [1.807, 2.05) is 61.1 Å².